The summed E-state index contributed by atoms with van der Waals surface area (Å²) in [4.78, 5) is 0. The van der Waals surface area contributed by atoms with Crippen molar-refractivity contribution in [2.75, 3.05) is 49.4 Å². The van der Waals surface area contributed by atoms with Crippen molar-refractivity contribution >= 4 is 57.2 Å². The highest BCUT2D eigenvalue weighted by atomic mass is 32.2. The summed E-state index contributed by atoms with van der Waals surface area (Å²) in [6.07, 6.45) is 31.2. The second-order valence-corrected chi connectivity index (χ2v) is 16.8. The zero-order chi connectivity index (χ0) is 34.7. The number of benzene rings is 2. The van der Waals surface area contributed by atoms with Crippen molar-refractivity contribution in [3.05, 3.63) is 65.2 Å². The molecule has 0 radical (unpaired) electrons. The fourth-order valence-corrected chi connectivity index (χ4v) is 8.74. The van der Waals surface area contributed by atoms with E-state index in [4.69, 9.17) is 14.2 Å². The lowest BCUT2D eigenvalue weighted by atomic mass is 10.0. The number of para-hydroxylation sites is 1. The number of rotatable bonds is 20. The van der Waals surface area contributed by atoms with Crippen molar-refractivity contribution in [2.24, 2.45) is 0 Å². The molecule has 0 spiro atoms. The van der Waals surface area contributed by atoms with Crippen molar-refractivity contribution < 1.29 is 18.8 Å². The smallest absolute Gasteiger partial charge is 0.262 e. The first kappa shape index (κ1) is 40.8. The molecule has 276 valence electrons. The predicted molar refractivity (Wildman–Crippen MR) is 223 cm³/mol. The Morgan fingerprint density at radius 2 is 1.16 bits per heavy atom. The molecular formula is C43H64NO3S3+. The van der Waals surface area contributed by atoms with Crippen molar-refractivity contribution in [3.8, 4) is 11.5 Å². The molecule has 0 aliphatic carbocycles. The quantitative estimate of drug-likeness (QED) is 0.0654. The number of aryl methyl sites for hydroxylation is 1. The molecule has 2 heterocycles. The Labute approximate surface area is 316 Å². The van der Waals surface area contributed by atoms with E-state index < -0.39 is 0 Å². The van der Waals surface area contributed by atoms with Crippen LogP contribution in [0.3, 0.4) is 0 Å². The second kappa shape index (κ2) is 26.8. The summed E-state index contributed by atoms with van der Waals surface area (Å²) >= 11 is 5.63. The van der Waals surface area contributed by atoms with Crippen LogP contribution in [0.15, 0.2) is 54.6 Å². The van der Waals surface area contributed by atoms with Crippen LogP contribution >= 0.6 is 34.9 Å². The highest BCUT2D eigenvalue weighted by molar-refractivity contribution is 7.99. The van der Waals surface area contributed by atoms with E-state index in [0.717, 1.165) is 59.8 Å². The molecule has 0 bridgehead atoms. The molecule has 0 unspecified atom stereocenters. The third kappa shape index (κ3) is 16.6. The van der Waals surface area contributed by atoms with E-state index in [1.807, 2.05) is 34.9 Å². The maximum absolute atomic E-state index is 6.19. The van der Waals surface area contributed by atoms with Crippen LogP contribution in [0.5, 0.6) is 11.5 Å². The Kier molecular flexibility index (Phi) is 21.9. The standard InChI is InChI=1S/C43H64NO3S3/c1-2-3-4-5-6-7-8-9-10-11-12-13-14-15-16-21-28-44-39-23-18-19-24-42(39)50-43(44)25-20-17-22-38-26-27-40-41(37-38)47-32-36-49-34-30-45-29-33-48-35-31-46-40/h17-20,22-27,37H,2-16,21,28-36H2,1H3/q+1/b22-17+,25-20+. The molecule has 0 atom stereocenters. The molecule has 2 aromatic carbocycles. The number of hydrogen-bond acceptors (Lipinski definition) is 6. The average molecular weight is 739 g/mol. The monoisotopic (exact) mass is 738 g/mol. The summed E-state index contributed by atoms with van der Waals surface area (Å²) in [5.74, 6) is 5.56. The summed E-state index contributed by atoms with van der Waals surface area (Å²) in [5.41, 5.74) is 2.47. The van der Waals surface area contributed by atoms with Gasteiger partial charge >= 0.3 is 0 Å². The third-order valence-electron chi connectivity index (χ3n) is 9.19. The molecule has 0 amide bonds. The first-order valence-corrected chi connectivity index (χ1v) is 22.9. The summed E-state index contributed by atoms with van der Waals surface area (Å²) < 4.78 is 21.9. The van der Waals surface area contributed by atoms with Crippen LogP contribution in [0.2, 0.25) is 0 Å². The van der Waals surface area contributed by atoms with Crippen LogP contribution in [0.4, 0.5) is 0 Å². The molecule has 0 saturated heterocycles. The molecule has 0 N–H and O–H groups in total. The lowest BCUT2D eigenvalue weighted by Crippen LogP contribution is -2.34. The van der Waals surface area contributed by atoms with Crippen molar-refractivity contribution in [2.45, 2.75) is 116 Å². The number of ether oxygens (including phenoxy) is 3. The van der Waals surface area contributed by atoms with E-state index in [0.29, 0.717) is 13.2 Å². The Morgan fingerprint density at radius 1 is 0.600 bits per heavy atom. The molecule has 7 heteroatoms. The highest BCUT2D eigenvalue weighted by Crippen LogP contribution is 2.30. The van der Waals surface area contributed by atoms with Crippen molar-refractivity contribution in [3.63, 3.8) is 0 Å². The number of allylic oxidation sites excluding steroid dienone is 2. The number of thioether (sulfide) groups is 2. The molecule has 50 heavy (non-hydrogen) atoms. The first-order valence-electron chi connectivity index (χ1n) is 19.7. The van der Waals surface area contributed by atoms with Crippen LogP contribution < -0.4 is 14.0 Å². The van der Waals surface area contributed by atoms with Crippen LogP contribution in [0.1, 0.15) is 120 Å². The minimum absolute atomic E-state index is 0.661. The lowest BCUT2D eigenvalue weighted by molar-refractivity contribution is -0.669. The summed E-state index contributed by atoms with van der Waals surface area (Å²) in [6.45, 7) is 6.33. The Balaban J connectivity index is 1.19. The Morgan fingerprint density at radius 3 is 1.82 bits per heavy atom. The fourth-order valence-electron chi connectivity index (χ4n) is 6.35. The van der Waals surface area contributed by atoms with Gasteiger partial charge in [0.2, 0.25) is 5.52 Å². The number of unbranched alkanes of at least 4 members (excludes halogenated alkanes) is 15. The van der Waals surface area contributed by atoms with Gasteiger partial charge in [0.15, 0.2) is 18.0 Å². The zero-order valence-electron chi connectivity index (χ0n) is 30.9. The van der Waals surface area contributed by atoms with Gasteiger partial charge in [0.05, 0.1) is 26.4 Å². The summed E-state index contributed by atoms with van der Waals surface area (Å²) in [6, 6.07) is 15.1. The van der Waals surface area contributed by atoms with E-state index in [-0.39, 0.29) is 0 Å². The maximum Gasteiger partial charge on any atom is 0.262 e. The van der Waals surface area contributed by atoms with E-state index in [1.54, 1.807) is 0 Å². The Bertz CT molecular complexity index is 1370. The molecule has 1 aromatic heterocycles. The topological polar surface area (TPSA) is 31.6 Å². The van der Waals surface area contributed by atoms with Gasteiger partial charge in [-0.1, -0.05) is 145 Å². The van der Waals surface area contributed by atoms with Gasteiger partial charge in [-0.3, -0.25) is 0 Å². The van der Waals surface area contributed by atoms with Crippen LogP contribution in [-0.4, -0.2) is 49.4 Å². The van der Waals surface area contributed by atoms with E-state index in [9.17, 15) is 0 Å². The highest BCUT2D eigenvalue weighted by Gasteiger charge is 2.17. The second-order valence-electron chi connectivity index (χ2n) is 13.3. The van der Waals surface area contributed by atoms with Crippen molar-refractivity contribution in [1.82, 2.24) is 0 Å². The molecule has 0 saturated carbocycles. The molecule has 1 aliphatic rings. The van der Waals surface area contributed by atoms with Gasteiger partial charge in [-0.25, -0.2) is 0 Å². The Hall–Kier alpha value is -1.93. The van der Waals surface area contributed by atoms with Crippen LogP contribution in [0.25, 0.3) is 22.4 Å². The van der Waals surface area contributed by atoms with Gasteiger partial charge in [-0.05, 0) is 30.2 Å². The number of aromatic nitrogens is 1. The van der Waals surface area contributed by atoms with Crippen molar-refractivity contribution in [1.29, 1.82) is 0 Å². The van der Waals surface area contributed by atoms with Crippen LogP contribution in [0, 0.1) is 0 Å². The number of hydrogen-bond donors (Lipinski definition) is 0. The molecule has 3 aromatic rings. The third-order valence-corrected chi connectivity index (χ3v) is 12.1. The number of nitrogens with zero attached hydrogens (tertiary/aromatic N) is 1. The number of fused-ring (bicyclic) bond motifs is 2. The van der Waals surface area contributed by atoms with Gasteiger partial charge in [0.25, 0.3) is 5.01 Å². The van der Waals surface area contributed by atoms with Gasteiger partial charge in [0.1, 0.15) is 4.70 Å². The summed E-state index contributed by atoms with van der Waals surface area (Å²) in [5, 5.41) is 1.31. The normalized spacial score (nSPS) is 15.1. The molecular weight excluding hydrogens is 675 g/mol. The maximum atomic E-state index is 6.19. The fraction of sp³-hybridized carbons (Fsp3) is 0.605. The zero-order valence-corrected chi connectivity index (χ0v) is 33.4. The SMILES string of the molecule is CCCCCCCCCCCCCCCCCC[n+]1c(/C=C/C=C/c2ccc3c(c2)OCCSCCOCCSCCO3)sc2ccccc21. The van der Waals surface area contributed by atoms with E-state index in [2.05, 4.69) is 78.3 Å². The number of thiazole rings is 1. The van der Waals surface area contributed by atoms with E-state index >= 15 is 0 Å². The molecule has 0 fully saturated rings. The van der Waals surface area contributed by atoms with Gasteiger partial charge in [-0.15, -0.1) is 0 Å². The molecule has 4 nitrogen and oxygen atoms in total. The minimum atomic E-state index is 0.661. The van der Waals surface area contributed by atoms with Gasteiger partial charge in [0, 0.05) is 41.6 Å². The van der Waals surface area contributed by atoms with Crippen LogP contribution in [-0.2, 0) is 11.3 Å². The van der Waals surface area contributed by atoms with Gasteiger partial charge < -0.3 is 14.2 Å². The largest absolute Gasteiger partial charge is 0.489 e. The van der Waals surface area contributed by atoms with Gasteiger partial charge in [-0.2, -0.15) is 28.1 Å². The minimum Gasteiger partial charge on any atom is -0.489 e. The van der Waals surface area contributed by atoms with E-state index in [1.165, 1.54) is 118 Å². The average Bonchev–Trinajstić information content (AvgIpc) is 3.48. The molecule has 4 rings (SSSR count). The predicted octanol–water partition coefficient (Wildman–Crippen LogP) is 12.4. The summed E-state index contributed by atoms with van der Waals surface area (Å²) in [7, 11) is 0. The lowest BCUT2D eigenvalue weighted by Gasteiger charge is -2.13. The molecule has 1 aliphatic heterocycles. The first-order chi connectivity index (χ1) is 24.8.